The van der Waals surface area contributed by atoms with E-state index in [0.717, 1.165) is 11.5 Å². The van der Waals surface area contributed by atoms with Gasteiger partial charge in [0.25, 0.3) is 0 Å². The van der Waals surface area contributed by atoms with Gasteiger partial charge in [0, 0.05) is 10.6 Å². The Labute approximate surface area is 121 Å². The van der Waals surface area contributed by atoms with Crippen molar-refractivity contribution in [3.05, 3.63) is 58.5 Å². The van der Waals surface area contributed by atoms with E-state index >= 15 is 0 Å². The van der Waals surface area contributed by atoms with E-state index in [4.69, 9.17) is 9.47 Å². The topological polar surface area (TPSA) is 18.5 Å². The fourth-order valence-corrected chi connectivity index (χ4v) is 3.88. The van der Waals surface area contributed by atoms with Crippen LogP contribution in [0.25, 0.3) is 5.76 Å². The summed E-state index contributed by atoms with van der Waals surface area (Å²) in [6.07, 6.45) is 1.72. The SMILES string of the molecule is C1=C(c2sccc2SCc2ccccc2)OCCO1. The van der Waals surface area contributed by atoms with Gasteiger partial charge in [0.15, 0.2) is 5.76 Å². The molecule has 4 heteroatoms. The Bertz CT molecular complexity index is 561. The molecule has 3 rings (SSSR count). The van der Waals surface area contributed by atoms with Gasteiger partial charge in [0.05, 0.1) is 4.88 Å². The average Bonchev–Trinajstić information content (AvgIpc) is 2.95. The van der Waals surface area contributed by atoms with Gasteiger partial charge in [-0.15, -0.1) is 23.1 Å². The average molecular weight is 290 g/mol. The molecule has 0 N–H and O–H groups in total. The monoisotopic (exact) mass is 290 g/mol. The van der Waals surface area contributed by atoms with Crippen molar-refractivity contribution in [1.82, 2.24) is 0 Å². The highest BCUT2D eigenvalue weighted by molar-refractivity contribution is 7.98. The molecule has 1 aromatic carbocycles. The molecule has 1 aliphatic rings. The minimum atomic E-state index is 0.631. The summed E-state index contributed by atoms with van der Waals surface area (Å²) in [4.78, 5) is 2.42. The van der Waals surface area contributed by atoms with Gasteiger partial charge in [-0.25, -0.2) is 0 Å². The summed E-state index contributed by atoms with van der Waals surface area (Å²) < 4.78 is 11.0. The maximum absolute atomic E-state index is 5.65. The molecule has 2 nitrogen and oxygen atoms in total. The van der Waals surface area contributed by atoms with Crippen molar-refractivity contribution in [2.75, 3.05) is 13.2 Å². The molecular weight excluding hydrogens is 276 g/mol. The van der Waals surface area contributed by atoms with E-state index in [0.29, 0.717) is 13.2 Å². The highest BCUT2D eigenvalue weighted by atomic mass is 32.2. The van der Waals surface area contributed by atoms with Gasteiger partial charge in [-0.2, -0.15) is 0 Å². The molecule has 0 bridgehead atoms. The van der Waals surface area contributed by atoms with Crippen LogP contribution in [0.5, 0.6) is 0 Å². The first kappa shape index (κ1) is 12.6. The summed E-state index contributed by atoms with van der Waals surface area (Å²) in [6, 6.07) is 12.6. The Balaban J connectivity index is 1.72. The molecule has 1 aromatic heterocycles. The van der Waals surface area contributed by atoms with Gasteiger partial charge in [-0.3, -0.25) is 0 Å². The number of rotatable bonds is 4. The van der Waals surface area contributed by atoms with Crippen LogP contribution in [0.3, 0.4) is 0 Å². The van der Waals surface area contributed by atoms with Gasteiger partial charge >= 0.3 is 0 Å². The molecule has 0 fully saturated rings. The third-order valence-electron chi connectivity index (χ3n) is 2.74. The van der Waals surface area contributed by atoms with Crippen LogP contribution in [-0.2, 0) is 15.2 Å². The Morgan fingerprint density at radius 1 is 1.11 bits per heavy atom. The van der Waals surface area contributed by atoms with Crippen molar-refractivity contribution < 1.29 is 9.47 Å². The fourth-order valence-electron chi connectivity index (χ4n) is 1.81. The van der Waals surface area contributed by atoms with Crippen LogP contribution in [0, 0.1) is 0 Å². The van der Waals surface area contributed by atoms with Gasteiger partial charge in [0.1, 0.15) is 19.5 Å². The molecular formula is C15H14O2S2. The molecule has 0 spiro atoms. The third-order valence-corrected chi connectivity index (χ3v) is 4.93. The molecule has 98 valence electrons. The summed E-state index contributed by atoms with van der Waals surface area (Å²) in [5.74, 6) is 1.83. The van der Waals surface area contributed by atoms with Crippen LogP contribution in [0.2, 0.25) is 0 Å². The van der Waals surface area contributed by atoms with Crippen molar-refractivity contribution in [3.63, 3.8) is 0 Å². The molecule has 2 heterocycles. The van der Waals surface area contributed by atoms with E-state index in [1.54, 1.807) is 17.6 Å². The smallest absolute Gasteiger partial charge is 0.172 e. The van der Waals surface area contributed by atoms with E-state index in [2.05, 4.69) is 35.7 Å². The minimum absolute atomic E-state index is 0.631. The molecule has 19 heavy (non-hydrogen) atoms. The van der Waals surface area contributed by atoms with Crippen LogP contribution >= 0.6 is 23.1 Å². The highest BCUT2D eigenvalue weighted by Crippen LogP contribution is 2.35. The number of hydrogen-bond acceptors (Lipinski definition) is 4. The second-order valence-corrected chi connectivity index (χ2v) is 6.02. The van der Waals surface area contributed by atoms with Crippen LogP contribution < -0.4 is 0 Å². The molecule has 0 aliphatic carbocycles. The number of thiophene rings is 1. The van der Waals surface area contributed by atoms with Gasteiger partial charge < -0.3 is 9.47 Å². The number of hydrogen-bond donors (Lipinski definition) is 0. The predicted octanol–water partition coefficient (Wildman–Crippen LogP) is 4.39. The molecule has 0 radical (unpaired) electrons. The third kappa shape index (κ3) is 3.14. The van der Waals surface area contributed by atoms with E-state index in [9.17, 15) is 0 Å². The normalized spacial score (nSPS) is 14.4. The first-order valence-corrected chi connectivity index (χ1v) is 7.99. The zero-order valence-electron chi connectivity index (χ0n) is 10.4. The second kappa shape index (κ2) is 6.17. The molecule has 2 aromatic rings. The molecule has 0 amide bonds. The highest BCUT2D eigenvalue weighted by Gasteiger charge is 2.14. The summed E-state index contributed by atoms with van der Waals surface area (Å²) in [5, 5.41) is 2.10. The van der Waals surface area contributed by atoms with Crippen LogP contribution in [0.4, 0.5) is 0 Å². The number of ether oxygens (including phenoxy) is 2. The van der Waals surface area contributed by atoms with E-state index < -0.39 is 0 Å². The van der Waals surface area contributed by atoms with Crippen LogP contribution in [-0.4, -0.2) is 13.2 Å². The van der Waals surface area contributed by atoms with Gasteiger partial charge in [-0.1, -0.05) is 30.3 Å². The Morgan fingerprint density at radius 3 is 2.79 bits per heavy atom. The summed E-state index contributed by atoms with van der Waals surface area (Å²) in [7, 11) is 0. The lowest BCUT2D eigenvalue weighted by Crippen LogP contribution is -2.06. The van der Waals surface area contributed by atoms with E-state index in [1.807, 2.05) is 17.8 Å². The summed E-state index contributed by atoms with van der Waals surface area (Å²) in [6.45, 7) is 1.27. The van der Waals surface area contributed by atoms with Crippen molar-refractivity contribution in [2.45, 2.75) is 10.6 Å². The lowest BCUT2D eigenvalue weighted by atomic mass is 10.2. The molecule has 0 saturated carbocycles. The summed E-state index contributed by atoms with van der Waals surface area (Å²) in [5.41, 5.74) is 1.33. The van der Waals surface area contributed by atoms with Crippen molar-refractivity contribution >= 4 is 28.9 Å². The Hall–Kier alpha value is -1.39. The number of thioether (sulfide) groups is 1. The van der Waals surface area contributed by atoms with Gasteiger partial charge in [-0.05, 0) is 17.0 Å². The van der Waals surface area contributed by atoms with E-state index in [-0.39, 0.29) is 0 Å². The molecule has 0 unspecified atom stereocenters. The van der Waals surface area contributed by atoms with Crippen molar-refractivity contribution in [2.24, 2.45) is 0 Å². The largest absolute Gasteiger partial charge is 0.494 e. The standard InChI is InChI=1S/C15H14O2S2/c1-2-4-12(5-3-1)11-19-14-6-9-18-15(14)13-10-16-7-8-17-13/h1-6,9-10H,7-8,11H2. The zero-order valence-corrected chi connectivity index (χ0v) is 12.0. The van der Waals surface area contributed by atoms with E-state index in [1.165, 1.54) is 15.3 Å². The van der Waals surface area contributed by atoms with Crippen molar-refractivity contribution in [1.29, 1.82) is 0 Å². The Kier molecular flexibility index (Phi) is 4.10. The maximum Gasteiger partial charge on any atom is 0.172 e. The summed E-state index contributed by atoms with van der Waals surface area (Å²) >= 11 is 3.53. The minimum Gasteiger partial charge on any atom is -0.494 e. The van der Waals surface area contributed by atoms with Gasteiger partial charge in [0.2, 0.25) is 0 Å². The van der Waals surface area contributed by atoms with Crippen LogP contribution in [0.15, 0.2) is 52.9 Å². The quantitative estimate of drug-likeness (QED) is 0.778. The maximum atomic E-state index is 5.65. The first-order chi connectivity index (χ1) is 9.43. The van der Waals surface area contributed by atoms with Crippen molar-refractivity contribution in [3.8, 4) is 0 Å². The van der Waals surface area contributed by atoms with Crippen LogP contribution in [0.1, 0.15) is 10.4 Å². The lowest BCUT2D eigenvalue weighted by molar-refractivity contribution is 0.126. The zero-order chi connectivity index (χ0) is 12.9. The number of benzene rings is 1. The first-order valence-electron chi connectivity index (χ1n) is 6.12. The molecule has 0 saturated heterocycles. The fraction of sp³-hybridized carbons (Fsp3) is 0.200. The lowest BCUT2D eigenvalue weighted by Gasteiger charge is -2.15. The molecule has 1 aliphatic heterocycles. The second-order valence-electron chi connectivity index (χ2n) is 4.09. The Morgan fingerprint density at radius 2 is 2.00 bits per heavy atom. The molecule has 0 atom stereocenters. The predicted molar refractivity (Wildman–Crippen MR) is 80.2 cm³/mol.